The number of anilines is 1. The Balaban J connectivity index is 1.66. The maximum atomic E-state index is 13.3. The van der Waals surface area contributed by atoms with Gasteiger partial charge in [-0.05, 0) is 43.0 Å². The number of carbonyl (C=O) groups is 1. The van der Waals surface area contributed by atoms with Gasteiger partial charge in [0.05, 0.1) is 7.11 Å². The molecule has 32 heavy (non-hydrogen) atoms. The number of nitrogens with zero attached hydrogens (tertiary/aromatic N) is 2. The number of nitrogens with one attached hydrogen (secondary N) is 2. The number of aryl methyl sites for hydroxylation is 1. The Hall–Kier alpha value is -2.83. The standard InChI is InChI=1S/C26H36N4O2/c1-21(19-29-16-14-27-15-17-29)20-30(22(2)12-13-23-8-5-4-6-9-23)26(31)28-24-10-7-11-25(18-24)32-3/h4-11,18,22,27H,1,12-17,19-20H2,2-3H3,(H,28,31). The van der Waals surface area contributed by atoms with Gasteiger partial charge in [0.2, 0.25) is 0 Å². The third-order valence-corrected chi connectivity index (χ3v) is 5.86. The van der Waals surface area contributed by atoms with Gasteiger partial charge < -0.3 is 20.3 Å². The van der Waals surface area contributed by atoms with Crippen molar-refractivity contribution in [2.24, 2.45) is 0 Å². The molecule has 0 radical (unpaired) electrons. The van der Waals surface area contributed by atoms with E-state index in [0.717, 1.165) is 62.6 Å². The first-order valence-corrected chi connectivity index (χ1v) is 11.4. The van der Waals surface area contributed by atoms with Gasteiger partial charge in [-0.2, -0.15) is 0 Å². The van der Waals surface area contributed by atoms with E-state index in [9.17, 15) is 4.79 Å². The first-order valence-electron chi connectivity index (χ1n) is 11.4. The average Bonchev–Trinajstić information content (AvgIpc) is 2.82. The van der Waals surface area contributed by atoms with E-state index in [1.807, 2.05) is 35.2 Å². The van der Waals surface area contributed by atoms with Gasteiger partial charge in [-0.25, -0.2) is 4.79 Å². The molecule has 1 fully saturated rings. The molecular formula is C26H36N4O2. The number of rotatable bonds is 10. The van der Waals surface area contributed by atoms with Crippen LogP contribution in [0.1, 0.15) is 18.9 Å². The van der Waals surface area contributed by atoms with Gasteiger partial charge in [-0.3, -0.25) is 4.90 Å². The van der Waals surface area contributed by atoms with Crippen LogP contribution in [-0.4, -0.2) is 68.3 Å². The van der Waals surface area contributed by atoms with E-state index in [1.54, 1.807) is 7.11 Å². The number of urea groups is 1. The predicted molar refractivity (Wildman–Crippen MR) is 131 cm³/mol. The van der Waals surface area contributed by atoms with E-state index in [1.165, 1.54) is 5.56 Å². The molecule has 172 valence electrons. The zero-order valence-electron chi connectivity index (χ0n) is 19.3. The summed E-state index contributed by atoms with van der Waals surface area (Å²) in [5, 5.41) is 6.43. The first kappa shape index (κ1) is 23.8. The number of amides is 2. The van der Waals surface area contributed by atoms with Crippen LogP contribution in [-0.2, 0) is 6.42 Å². The molecule has 3 rings (SSSR count). The lowest BCUT2D eigenvalue weighted by atomic mass is 10.0. The minimum Gasteiger partial charge on any atom is -0.497 e. The molecule has 0 aliphatic carbocycles. The van der Waals surface area contributed by atoms with Gasteiger partial charge >= 0.3 is 6.03 Å². The first-order chi connectivity index (χ1) is 15.5. The molecule has 2 aromatic carbocycles. The Morgan fingerprint density at radius 3 is 2.66 bits per heavy atom. The van der Waals surface area contributed by atoms with Gasteiger partial charge in [-0.1, -0.05) is 43.0 Å². The largest absolute Gasteiger partial charge is 0.497 e. The lowest BCUT2D eigenvalue weighted by molar-refractivity contribution is 0.191. The molecule has 2 N–H and O–H groups in total. The van der Waals surface area contributed by atoms with Crippen molar-refractivity contribution >= 4 is 11.7 Å². The summed E-state index contributed by atoms with van der Waals surface area (Å²) in [7, 11) is 1.62. The van der Waals surface area contributed by atoms with Crippen LogP contribution in [0.3, 0.4) is 0 Å². The van der Waals surface area contributed by atoms with Gasteiger partial charge in [0.1, 0.15) is 5.75 Å². The number of hydrogen-bond donors (Lipinski definition) is 2. The second-order valence-electron chi connectivity index (χ2n) is 8.44. The summed E-state index contributed by atoms with van der Waals surface area (Å²) in [6.45, 7) is 11.8. The molecule has 2 aromatic rings. The topological polar surface area (TPSA) is 56.8 Å². The number of carbonyl (C=O) groups excluding carboxylic acids is 1. The van der Waals surface area contributed by atoms with Crippen molar-refractivity contribution < 1.29 is 9.53 Å². The lowest BCUT2D eigenvalue weighted by Gasteiger charge is -2.33. The van der Waals surface area contributed by atoms with Crippen LogP contribution >= 0.6 is 0 Å². The Morgan fingerprint density at radius 2 is 1.94 bits per heavy atom. The third-order valence-electron chi connectivity index (χ3n) is 5.86. The van der Waals surface area contributed by atoms with Crippen LogP contribution in [0.2, 0.25) is 0 Å². The highest BCUT2D eigenvalue weighted by molar-refractivity contribution is 5.90. The number of benzene rings is 2. The maximum absolute atomic E-state index is 13.3. The van der Waals surface area contributed by atoms with Crippen LogP contribution in [0.25, 0.3) is 0 Å². The van der Waals surface area contributed by atoms with Crippen molar-refractivity contribution in [3.05, 3.63) is 72.3 Å². The van der Waals surface area contributed by atoms with Crippen LogP contribution in [0, 0.1) is 0 Å². The highest BCUT2D eigenvalue weighted by Crippen LogP contribution is 2.19. The summed E-state index contributed by atoms with van der Waals surface area (Å²) in [6.07, 6.45) is 1.81. The fourth-order valence-corrected chi connectivity index (χ4v) is 3.98. The summed E-state index contributed by atoms with van der Waals surface area (Å²) in [5.74, 6) is 0.717. The molecular weight excluding hydrogens is 400 g/mol. The molecule has 1 aliphatic heterocycles. The molecule has 0 bridgehead atoms. The normalized spacial score (nSPS) is 15.1. The van der Waals surface area contributed by atoms with Crippen LogP contribution < -0.4 is 15.4 Å². The second-order valence-corrected chi connectivity index (χ2v) is 8.44. The molecule has 2 amide bonds. The minimum atomic E-state index is -0.111. The summed E-state index contributed by atoms with van der Waals surface area (Å²) < 4.78 is 5.29. The van der Waals surface area contributed by atoms with Crippen molar-refractivity contribution in [1.29, 1.82) is 0 Å². The van der Waals surface area contributed by atoms with Crippen LogP contribution in [0.4, 0.5) is 10.5 Å². The predicted octanol–water partition coefficient (Wildman–Crippen LogP) is 4.01. The molecule has 1 aliphatic rings. The molecule has 1 saturated heterocycles. The van der Waals surface area contributed by atoms with Gasteiger partial charge in [0.25, 0.3) is 0 Å². The Bertz CT molecular complexity index is 865. The van der Waals surface area contributed by atoms with Crippen LogP contribution in [0.5, 0.6) is 5.75 Å². The Labute approximate surface area is 192 Å². The van der Waals surface area contributed by atoms with Gasteiger partial charge in [0, 0.05) is 57.1 Å². The van der Waals surface area contributed by atoms with Crippen molar-refractivity contribution in [3.8, 4) is 5.75 Å². The molecule has 0 aromatic heterocycles. The van der Waals surface area contributed by atoms with Crippen LogP contribution in [0.15, 0.2) is 66.7 Å². The fraction of sp³-hybridized carbons (Fsp3) is 0.423. The van der Waals surface area contributed by atoms with E-state index < -0.39 is 0 Å². The summed E-state index contributed by atoms with van der Waals surface area (Å²) in [6, 6.07) is 17.8. The summed E-state index contributed by atoms with van der Waals surface area (Å²) in [4.78, 5) is 17.6. The molecule has 1 heterocycles. The highest BCUT2D eigenvalue weighted by Gasteiger charge is 2.22. The van der Waals surface area contributed by atoms with Crippen molar-refractivity contribution in [2.45, 2.75) is 25.8 Å². The van der Waals surface area contributed by atoms with E-state index in [-0.39, 0.29) is 12.1 Å². The van der Waals surface area contributed by atoms with Crippen molar-refractivity contribution in [1.82, 2.24) is 15.1 Å². The quantitative estimate of drug-likeness (QED) is 0.553. The average molecular weight is 437 g/mol. The number of piperazine rings is 1. The molecule has 1 atom stereocenters. The Kier molecular flexibility index (Phi) is 9.13. The van der Waals surface area contributed by atoms with E-state index in [2.05, 4.69) is 53.3 Å². The SMILES string of the molecule is C=C(CN1CCNCC1)CN(C(=O)Nc1cccc(OC)c1)C(C)CCc1ccccc1. The Morgan fingerprint density at radius 1 is 1.19 bits per heavy atom. The zero-order chi connectivity index (χ0) is 22.8. The smallest absolute Gasteiger partial charge is 0.322 e. The molecule has 0 spiro atoms. The fourth-order valence-electron chi connectivity index (χ4n) is 3.98. The molecule has 0 saturated carbocycles. The van der Waals surface area contributed by atoms with E-state index in [0.29, 0.717) is 6.54 Å². The second kappa shape index (κ2) is 12.3. The van der Waals surface area contributed by atoms with Gasteiger partial charge in [-0.15, -0.1) is 0 Å². The highest BCUT2D eigenvalue weighted by atomic mass is 16.5. The van der Waals surface area contributed by atoms with Gasteiger partial charge in [0.15, 0.2) is 0 Å². The number of ether oxygens (including phenoxy) is 1. The van der Waals surface area contributed by atoms with E-state index in [4.69, 9.17) is 4.74 Å². The number of hydrogen-bond acceptors (Lipinski definition) is 4. The lowest BCUT2D eigenvalue weighted by Crippen LogP contribution is -2.46. The molecule has 1 unspecified atom stereocenters. The zero-order valence-corrected chi connectivity index (χ0v) is 19.3. The van der Waals surface area contributed by atoms with Crippen molar-refractivity contribution in [2.75, 3.05) is 51.7 Å². The summed E-state index contributed by atoms with van der Waals surface area (Å²) in [5.41, 5.74) is 3.06. The van der Waals surface area contributed by atoms with Crippen molar-refractivity contribution in [3.63, 3.8) is 0 Å². The maximum Gasteiger partial charge on any atom is 0.322 e. The monoisotopic (exact) mass is 436 g/mol. The summed E-state index contributed by atoms with van der Waals surface area (Å²) >= 11 is 0. The number of methoxy groups -OCH3 is 1. The molecule has 6 heteroatoms. The van der Waals surface area contributed by atoms with E-state index >= 15 is 0 Å². The third kappa shape index (κ3) is 7.39. The minimum absolute atomic E-state index is 0.0700. The molecule has 6 nitrogen and oxygen atoms in total.